The van der Waals surface area contributed by atoms with E-state index in [4.69, 9.17) is 14.2 Å². The number of ether oxygens (including phenoxy) is 3. The maximum Gasteiger partial charge on any atom is 0.261 e. The van der Waals surface area contributed by atoms with Crippen molar-refractivity contribution in [1.29, 1.82) is 0 Å². The van der Waals surface area contributed by atoms with Crippen LogP contribution in [0.25, 0.3) is 0 Å². The van der Waals surface area contributed by atoms with Gasteiger partial charge in [-0.1, -0.05) is 42.5 Å². The zero-order valence-corrected chi connectivity index (χ0v) is 25.8. The van der Waals surface area contributed by atoms with Crippen LogP contribution in [0.2, 0.25) is 0 Å². The van der Waals surface area contributed by atoms with Gasteiger partial charge in [0.1, 0.15) is 17.6 Å². The molecule has 2 aliphatic heterocycles. The molecule has 0 saturated carbocycles. The summed E-state index contributed by atoms with van der Waals surface area (Å²) in [4.78, 5) is 29.1. The Morgan fingerprint density at radius 2 is 1.67 bits per heavy atom. The highest BCUT2D eigenvalue weighted by Gasteiger charge is 2.32. The van der Waals surface area contributed by atoms with Gasteiger partial charge in [-0.15, -0.1) is 0 Å². The molecule has 0 spiro atoms. The number of halogens is 1. The fraction of sp³-hybridized carbons (Fsp3) is 0.394. The maximum absolute atomic E-state index is 13.8. The van der Waals surface area contributed by atoms with Gasteiger partial charge in [-0.25, -0.2) is 12.8 Å². The fourth-order valence-corrected chi connectivity index (χ4v) is 6.76. The van der Waals surface area contributed by atoms with Gasteiger partial charge in [0, 0.05) is 39.2 Å². The van der Waals surface area contributed by atoms with E-state index in [9.17, 15) is 22.4 Å². The summed E-state index contributed by atoms with van der Waals surface area (Å²) in [7, 11) is -3.68. The first kappa shape index (κ1) is 32.6. The van der Waals surface area contributed by atoms with E-state index in [1.54, 1.807) is 12.1 Å². The van der Waals surface area contributed by atoms with E-state index in [0.29, 0.717) is 37.7 Å². The SMILES string of the molecule is O=C(NCC1CCCO1)C(Cc1ccccc1)N(Cc1ccc(F)cc1)C(=O)COc1ccc(S(=O)(=O)N2CCOCC2)cc1. The smallest absolute Gasteiger partial charge is 0.261 e. The number of benzene rings is 3. The lowest BCUT2D eigenvalue weighted by Crippen LogP contribution is -2.52. The summed E-state index contributed by atoms with van der Waals surface area (Å²) in [5.74, 6) is -0.900. The predicted molar refractivity (Wildman–Crippen MR) is 164 cm³/mol. The highest BCUT2D eigenvalue weighted by molar-refractivity contribution is 7.89. The Hall–Kier alpha value is -3.84. The molecule has 2 heterocycles. The van der Waals surface area contributed by atoms with Gasteiger partial charge in [0.2, 0.25) is 15.9 Å². The van der Waals surface area contributed by atoms with Crippen LogP contribution in [0.3, 0.4) is 0 Å². The zero-order valence-electron chi connectivity index (χ0n) is 25.0. The molecule has 0 aliphatic carbocycles. The van der Waals surface area contributed by atoms with Crippen LogP contribution in [0.5, 0.6) is 5.75 Å². The molecule has 3 aromatic carbocycles. The standard InChI is InChI=1S/C33H38FN3O7S/c34-27-10-8-26(9-11-27)23-37(31(21-25-5-2-1-3-6-25)33(39)35-22-29-7-4-18-43-29)32(38)24-44-28-12-14-30(15-13-28)45(40,41)36-16-19-42-20-17-36/h1-3,5-6,8-15,29,31H,4,7,16-24H2,(H,35,39). The quantitative estimate of drug-likeness (QED) is 0.306. The van der Waals surface area contributed by atoms with Gasteiger partial charge in [-0.05, 0) is 60.4 Å². The Morgan fingerprint density at radius 1 is 0.956 bits per heavy atom. The molecule has 12 heteroatoms. The van der Waals surface area contributed by atoms with Crippen LogP contribution in [0.15, 0.2) is 83.8 Å². The molecule has 3 aromatic rings. The largest absolute Gasteiger partial charge is 0.484 e. The summed E-state index contributed by atoms with van der Waals surface area (Å²) in [6, 6.07) is 20.2. The number of amides is 2. The molecule has 2 atom stereocenters. The second-order valence-corrected chi connectivity index (χ2v) is 12.9. The van der Waals surface area contributed by atoms with Crippen LogP contribution in [-0.2, 0) is 42.1 Å². The molecule has 2 aliphatic rings. The van der Waals surface area contributed by atoms with E-state index < -0.39 is 34.4 Å². The first-order chi connectivity index (χ1) is 21.8. The van der Waals surface area contributed by atoms with Gasteiger partial charge >= 0.3 is 0 Å². The Kier molecular flexibility index (Phi) is 11.2. The number of carbonyl (C=O) groups excluding carboxylic acids is 2. The number of hydrogen-bond acceptors (Lipinski definition) is 7. The third-order valence-corrected chi connectivity index (χ3v) is 9.77. The van der Waals surface area contributed by atoms with Crippen molar-refractivity contribution in [2.75, 3.05) is 46.1 Å². The molecular weight excluding hydrogens is 601 g/mol. The van der Waals surface area contributed by atoms with Crippen molar-refractivity contribution in [3.8, 4) is 5.75 Å². The molecule has 10 nitrogen and oxygen atoms in total. The number of carbonyl (C=O) groups is 2. The van der Waals surface area contributed by atoms with Crippen LogP contribution in [0.4, 0.5) is 4.39 Å². The normalized spacial score (nSPS) is 17.8. The van der Waals surface area contributed by atoms with Gasteiger partial charge < -0.3 is 24.4 Å². The summed E-state index contributed by atoms with van der Waals surface area (Å²) in [6.45, 7) is 1.88. The lowest BCUT2D eigenvalue weighted by molar-refractivity contribution is -0.143. The van der Waals surface area contributed by atoms with Gasteiger partial charge in [-0.3, -0.25) is 9.59 Å². The Balaban J connectivity index is 1.33. The summed E-state index contributed by atoms with van der Waals surface area (Å²) >= 11 is 0. The van der Waals surface area contributed by atoms with E-state index >= 15 is 0 Å². The lowest BCUT2D eigenvalue weighted by Gasteiger charge is -2.31. The van der Waals surface area contributed by atoms with Crippen molar-refractivity contribution < 1.29 is 36.6 Å². The minimum Gasteiger partial charge on any atom is -0.484 e. The molecule has 1 N–H and O–H groups in total. The van der Waals surface area contributed by atoms with Crippen LogP contribution in [-0.4, -0.2) is 87.6 Å². The third-order valence-electron chi connectivity index (χ3n) is 7.86. The summed E-state index contributed by atoms with van der Waals surface area (Å²) in [5, 5.41) is 2.97. The summed E-state index contributed by atoms with van der Waals surface area (Å²) < 4.78 is 57.8. The molecule has 45 heavy (non-hydrogen) atoms. The van der Waals surface area contributed by atoms with Gasteiger partial charge in [0.15, 0.2) is 6.61 Å². The summed E-state index contributed by atoms with van der Waals surface area (Å²) in [5.41, 5.74) is 1.51. The minimum absolute atomic E-state index is 0.0457. The highest BCUT2D eigenvalue weighted by atomic mass is 32.2. The first-order valence-corrected chi connectivity index (χ1v) is 16.5. The van der Waals surface area contributed by atoms with Crippen molar-refractivity contribution >= 4 is 21.8 Å². The number of sulfonamides is 1. The molecule has 0 bridgehead atoms. The van der Waals surface area contributed by atoms with E-state index in [1.165, 1.54) is 45.6 Å². The van der Waals surface area contributed by atoms with Crippen molar-refractivity contribution in [3.63, 3.8) is 0 Å². The van der Waals surface area contributed by atoms with Crippen molar-refractivity contribution in [3.05, 3.63) is 95.8 Å². The Labute approximate surface area is 263 Å². The zero-order chi connectivity index (χ0) is 31.6. The monoisotopic (exact) mass is 639 g/mol. The second kappa shape index (κ2) is 15.4. The topological polar surface area (TPSA) is 114 Å². The molecule has 2 saturated heterocycles. The number of hydrogen-bond donors (Lipinski definition) is 1. The maximum atomic E-state index is 13.8. The Morgan fingerprint density at radius 3 is 2.33 bits per heavy atom. The van der Waals surface area contributed by atoms with Crippen LogP contribution in [0, 0.1) is 5.82 Å². The van der Waals surface area contributed by atoms with E-state index in [2.05, 4.69) is 5.32 Å². The Bertz CT molecular complexity index is 1510. The lowest BCUT2D eigenvalue weighted by atomic mass is 10.0. The van der Waals surface area contributed by atoms with Crippen LogP contribution >= 0.6 is 0 Å². The number of morpholine rings is 1. The van der Waals surface area contributed by atoms with Crippen molar-refractivity contribution in [2.45, 2.75) is 42.8 Å². The predicted octanol–water partition coefficient (Wildman–Crippen LogP) is 3.16. The van der Waals surface area contributed by atoms with Gasteiger partial charge in [0.25, 0.3) is 5.91 Å². The van der Waals surface area contributed by atoms with Crippen LogP contribution in [0.1, 0.15) is 24.0 Å². The second-order valence-electron chi connectivity index (χ2n) is 11.0. The molecule has 5 rings (SSSR count). The number of nitrogens with one attached hydrogen (secondary N) is 1. The molecule has 0 radical (unpaired) electrons. The summed E-state index contributed by atoms with van der Waals surface area (Å²) in [6.07, 6.45) is 1.95. The van der Waals surface area contributed by atoms with Crippen molar-refractivity contribution in [1.82, 2.24) is 14.5 Å². The van der Waals surface area contributed by atoms with E-state index in [-0.39, 0.29) is 43.0 Å². The van der Waals surface area contributed by atoms with Gasteiger partial charge in [0.05, 0.1) is 24.2 Å². The molecule has 2 unspecified atom stereocenters. The first-order valence-electron chi connectivity index (χ1n) is 15.1. The van der Waals surface area contributed by atoms with E-state index in [0.717, 1.165) is 18.4 Å². The molecular formula is C33H38FN3O7S. The molecule has 0 aromatic heterocycles. The average molecular weight is 640 g/mol. The molecule has 2 fully saturated rings. The minimum atomic E-state index is -3.68. The van der Waals surface area contributed by atoms with Gasteiger partial charge in [-0.2, -0.15) is 4.31 Å². The molecule has 2 amide bonds. The number of rotatable bonds is 13. The highest BCUT2D eigenvalue weighted by Crippen LogP contribution is 2.22. The van der Waals surface area contributed by atoms with Crippen molar-refractivity contribution in [2.24, 2.45) is 0 Å². The third kappa shape index (κ3) is 8.88. The van der Waals surface area contributed by atoms with Crippen LogP contribution < -0.4 is 10.1 Å². The fourth-order valence-electron chi connectivity index (χ4n) is 5.35. The van der Waals surface area contributed by atoms with E-state index in [1.807, 2.05) is 30.3 Å². The average Bonchev–Trinajstić information content (AvgIpc) is 3.60. The molecule has 240 valence electrons. The number of nitrogens with zero attached hydrogens (tertiary/aromatic N) is 2.